The van der Waals surface area contributed by atoms with Crippen LogP contribution in [0.5, 0.6) is 0 Å². The van der Waals surface area contributed by atoms with Crippen molar-refractivity contribution >= 4 is 12.1 Å². The van der Waals surface area contributed by atoms with E-state index in [9.17, 15) is 4.79 Å². The van der Waals surface area contributed by atoms with Crippen LogP contribution in [0.2, 0.25) is 0 Å². The molecule has 4 nitrogen and oxygen atoms in total. The van der Waals surface area contributed by atoms with Gasteiger partial charge in [0, 0.05) is 12.4 Å². The Morgan fingerprint density at radius 2 is 2.17 bits per heavy atom. The lowest BCUT2D eigenvalue weighted by Gasteiger charge is -1.98. The van der Waals surface area contributed by atoms with Crippen molar-refractivity contribution in [3.8, 4) is 0 Å². The van der Waals surface area contributed by atoms with Crippen molar-refractivity contribution in [3.63, 3.8) is 0 Å². The van der Waals surface area contributed by atoms with E-state index in [0.29, 0.717) is 5.69 Å². The predicted octanol–water partition coefficient (Wildman–Crippen LogP) is 3.16. The Labute approximate surface area is 109 Å². The fourth-order valence-electron chi connectivity index (χ4n) is 1.56. The van der Waals surface area contributed by atoms with Gasteiger partial charge in [0.05, 0.1) is 0 Å². The van der Waals surface area contributed by atoms with Gasteiger partial charge in [-0.2, -0.15) is 5.10 Å². The van der Waals surface area contributed by atoms with E-state index in [0.717, 1.165) is 12.8 Å². The molecule has 1 aromatic rings. The fraction of sp³-hybridized carbons (Fsp3) is 0.500. The van der Waals surface area contributed by atoms with Gasteiger partial charge >= 0.3 is 0 Å². The lowest BCUT2D eigenvalue weighted by Crippen LogP contribution is -2.18. The molecule has 1 aromatic heterocycles. The SMILES string of the molecule is CCCCCCCC=NNC(=O)c1ccccn1. The van der Waals surface area contributed by atoms with E-state index in [1.165, 1.54) is 25.7 Å². The number of carbonyl (C=O) groups excluding carboxylic acids is 1. The highest BCUT2D eigenvalue weighted by atomic mass is 16.2. The first kappa shape index (κ1) is 14.4. The summed E-state index contributed by atoms with van der Waals surface area (Å²) in [6.45, 7) is 2.20. The molecule has 0 radical (unpaired) electrons. The first-order valence-corrected chi connectivity index (χ1v) is 6.57. The van der Waals surface area contributed by atoms with Crippen LogP contribution in [0.15, 0.2) is 29.5 Å². The average Bonchev–Trinajstić information content (AvgIpc) is 2.42. The van der Waals surface area contributed by atoms with Crippen LogP contribution in [0.1, 0.15) is 55.9 Å². The van der Waals surface area contributed by atoms with Crippen LogP contribution in [0.3, 0.4) is 0 Å². The second kappa shape index (κ2) is 9.33. The maximum absolute atomic E-state index is 11.5. The van der Waals surface area contributed by atoms with Gasteiger partial charge in [-0.1, -0.05) is 38.7 Å². The number of aromatic nitrogens is 1. The van der Waals surface area contributed by atoms with Crippen molar-refractivity contribution in [1.82, 2.24) is 10.4 Å². The molecule has 1 rings (SSSR count). The first-order valence-electron chi connectivity index (χ1n) is 6.57. The Morgan fingerprint density at radius 3 is 2.89 bits per heavy atom. The number of unbranched alkanes of at least 4 members (excludes halogenated alkanes) is 5. The van der Waals surface area contributed by atoms with E-state index in [4.69, 9.17) is 0 Å². The first-order chi connectivity index (χ1) is 8.84. The highest BCUT2D eigenvalue weighted by molar-refractivity contribution is 5.92. The second-order valence-electron chi connectivity index (χ2n) is 4.17. The monoisotopic (exact) mass is 247 g/mol. The largest absolute Gasteiger partial charge is 0.289 e. The van der Waals surface area contributed by atoms with E-state index in [1.807, 2.05) is 0 Å². The molecular weight excluding hydrogens is 226 g/mol. The summed E-state index contributed by atoms with van der Waals surface area (Å²) in [4.78, 5) is 15.5. The lowest BCUT2D eigenvalue weighted by atomic mass is 10.1. The average molecular weight is 247 g/mol. The summed E-state index contributed by atoms with van der Waals surface area (Å²) in [6, 6.07) is 5.21. The van der Waals surface area contributed by atoms with Gasteiger partial charge in [-0.25, -0.2) is 5.43 Å². The van der Waals surface area contributed by atoms with Crippen LogP contribution in [0, 0.1) is 0 Å². The molecule has 0 aliphatic rings. The molecule has 0 aromatic carbocycles. The van der Waals surface area contributed by atoms with Gasteiger partial charge in [-0.05, 0) is 25.0 Å². The summed E-state index contributed by atoms with van der Waals surface area (Å²) in [5, 5.41) is 3.90. The molecule has 0 atom stereocenters. The number of hydrogen-bond acceptors (Lipinski definition) is 3. The van der Waals surface area contributed by atoms with Crippen molar-refractivity contribution in [2.75, 3.05) is 0 Å². The van der Waals surface area contributed by atoms with Crippen molar-refractivity contribution in [2.45, 2.75) is 45.4 Å². The summed E-state index contributed by atoms with van der Waals surface area (Å²) in [5.41, 5.74) is 2.86. The summed E-state index contributed by atoms with van der Waals surface area (Å²) >= 11 is 0. The fourth-order valence-corrected chi connectivity index (χ4v) is 1.56. The molecule has 0 fully saturated rings. The Morgan fingerprint density at radius 1 is 1.33 bits per heavy atom. The molecule has 98 valence electrons. The predicted molar refractivity (Wildman–Crippen MR) is 73.6 cm³/mol. The Balaban J connectivity index is 2.11. The van der Waals surface area contributed by atoms with Gasteiger partial charge in [0.2, 0.25) is 0 Å². The van der Waals surface area contributed by atoms with Gasteiger partial charge in [-0.3, -0.25) is 9.78 Å². The van der Waals surface area contributed by atoms with Crippen LogP contribution >= 0.6 is 0 Å². The second-order valence-corrected chi connectivity index (χ2v) is 4.17. The van der Waals surface area contributed by atoms with E-state index in [1.54, 1.807) is 30.6 Å². The number of hydrogen-bond donors (Lipinski definition) is 1. The maximum atomic E-state index is 11.5. The zero-order chi connectivity index (χ0) is 13.1. The molecule has 0 bridgehead atoms. The van der Waals surface area contributed by atoms with E-state index in [2.05, 4.69) is 22.4 Å². The number of pyridine rings is 1. The number of hydrazone groups is 1. The van der Waals surface area contributed by atoms with E-state index < -0.39 is 0 Å². The Bertz CT molecular complexity index is 363. The van der Waals surface area contributed by atoms with Crippen LogP contribution < -0.4 is 5.43 Å². The van der Waals surface area contributed by atoms with Crippen molar-refractivity contribution in [1.29, 1.82) is 0 Å². The molecule has 0 saturated carbocycles. The highest BCUT2D eigenvalue weighted by Gasteiger charge is 2.02. The highest BCUT2D eigenvalue weighted by Crippen LogP contribution is 2.03. The Hall–Kier alpha value is -1.71. The molecule has 1 amide bonds. The number of amides is 1. The molecule has 18 heavy (non-hydrogen) atoms. The summed E-state index contributed by atoms with van der Waals surface area (Å²) < 4.78 is 0. The Kier molecular flexibility index (Phi) is 7.44. The third-order valence-corrected chi connectivity index (χ3v) is 2.59. The van der Waals surface area contributed by atoms with E-state index >= 15 is 0 Å². The van der Waals surface area contributed by atoms with Crippen molar-refractivity contribution in [3.05, 3.63) is 30.1 Å². The van der Waals surface area contributed by atoms with Gasteiger partial charge in [-0.15, -0.1) is 0 Å². The third kappa shape index (κ3) is 6.13. The van der Waals surface area contributed by atoms with Gasteiger partial charge in [0.15, 0.2) is 0 Å². The smallest absolute Gasteiger partial charge is 0.266 e. The number of rotatable bonds is 8. The summed E-state index contributed by atoms with van der Waals surface area (Å²) in [5.74, 6) is -0.266. The molecular formula is C14H21N3O. The molecule has 1 heterocycles. The molecule has 0 aliphatic heterocycles. The van der Waals surface area contributed by atoms with Gasteiger partial charge in [0.25, 0.3) is 5.91 Å². The summed E-state index contributed by atoms with van der Waals surface area (Å²) in [7, 11) is 0. The van der Waals surface area contributed by atoms with Crippen LogP contribution in [-0.4, -0.2) is 17.1 Å². The maximum Gasteiger partial charge on any atom is 0.289 e. The van der Waals surface area contributed by atoms with Crippen molar-refractivity contribution < 1.29 is 4.79 Å². The molecule has 1 N–H and O–H groups in total. The summed E-state index contributed by atoms with van der Waals surface area (Å²) in [6.07, 6.45) is 10.5. The van der Waals surface area contributed by atoms with Gasteiger partial charge < -0.3 is 0 Å². The zero-order valence-corrected chi connectivity index (χ0v) is 10.9. The standard InChI is InChI=1S/C14H21N3O/c1-2-3-4-5-6-8-12-16-17-14(18)13-10-7-9-11-15-13/h7,9-12H,2-6,8H2,1H3,(H,17,18). The zero-order valence-electron chi connectivity index (χ0n) is 10.9. The number of nitrogens with one attached hydrogen (secondary N) is 1. The van der Waals surface area contributed by atoms with Crippen LogP contribution in [0.4, 0.5) is 0 Å². The molecule has 0 spiro atoms. The normalized spacial score (nSPS) is 10.7. The molecule has 0 aliphatic carbocycles. The molecule has 4 heteroatoms. The quantitative estimate of drug-likeness (QED) is 0.436. The minimum Gasteiger partial charge on any atom is -0.266 e. The van der Waals surface area contributed by atoms with Gasteiger partial charge in [0.1, 0.15) is 5.69 Å². The third-order valence-electron chi connectivity index (χ3n) is 2.59. The minimum absolute atomic E-state index is 0.266. The minimum atomic E-state index is -0.266. The molecule has 0 unspecified atom stereocenters. The lowest BCUT2D eigenvalue weighted by molar-refractivity contribution is 0.0950. The van der Waals surface area contributed by atoms with Crippen LogP contribution in [-0.2, 0) is 0 Å². The van der Waals surface area contributed by atoms with E-state index in [-0.39, 0.29) is 5.91 Å². The number of carbonyl (C=O) groups is 1. The number of nitrogens with zero attached hydrogens (tertiary/aromatic N) is 2. The topological polar surface area (TPSA) is 54.4 Å². The van der Waals surface area contributed by atoms with Crippen molar-refractivity contribution in [2.24, 2.45) is 5.10 Å². The molecule has 0 saturated heterocycles. The van der Waals surface area contributed by atoms with Crippen LogP contribution in [0.25, 0.3) is 0 Å².